The molecular weight excluding hydrogens is 429 g/mol. The standard InChI is InChI=1S/C17H13Cl5O3/c1-8(2)9-5-3-4-6-10(9)25-11(23)7-24-17-15(21)13(19)12(18)14(20)16(17)22/h3-6,8H,7H2,1-2H3. The molecule has 25 heavy (non-hydrogen) atoms. The van der Waals surface area contributed by atoms with Gasteiger partial charge in [0.25, 0.3) is 0 Å². The second-order valence-corrected chi connectivity index (χ2v) is 7.24. The van der Waals surface area contributed by atoms with Gasteiger partial charge < -0.3 is 9.47 Å². The Labute approximate surface area is 170 Å². The molecular formula is C17H13Cl5O3. The number of para-hydroxylation sites is 1. The highest BCUT2D eigenvalue weighted by Crippen LogP contribution is 2.48. The minimum absolute atomic E-state index is 0.00810. The molecule has 0 aliphatic rings. The summed E-state index contributed by atoms with van der Waals surface area (Å²) in [5.74, 6) is 0.0115. The Morgan fingerprint density at radius 3 is 2.00 bits per heavy atom. The summed E-state index contributed by atoms with van der Waals surface area (Å²) in [7, 11) is 0. The van der Waals surface area contributed by atoms with E-state index < -0.39 is 12.6 Å². The van der Waals surface area contributed by atoms with Gasteiger partial charge in [-0.15, -0.1) is 0 Å². The Hall–Kier alpha value is -0.840. The van der Waals surface area contributed by atoms with E-state index in [1.165, 1.54) is 0 Å². The van der Waals surface area contributed by atoms with Crippen LogP contribution < -0.4 is 9.47 Å². The van der Waals surface area contributed by atoms with Gasteiger partial charge in [0.1, 0.15) is 15.8 Å². The molecule has 0 saturated carbocycles. The van der Waals surface area contributed by atoms with E-state index in [0.29, 0.717) is 5.75 Å². The summed E-state index contributed by atoms with van der Waals surface area (Å²) in [6.45, 7) is 3.57. The molecule has 3 nitrogen and oxygen atoms in total. The van der Waals surface area contributed by atoms with Gasteiger partial charge in [-0.3, -0.25) is 0 Å². The molecule has 0 unspecified atom stereocenters. The highest BCUT2D eigenvalue weighted by atomic mass is 35.5. The largest absolute Gasteiger partial charge is 0.479 e. The first-order valence-corrected chi connectivity index (χ1v) is 9.06. The maximum Gasteiger partial charge on any atom is 0.349 e. The fourth-order valence-corrected chi connectivity index (χ4v) is 3.28. The molecule has 0 fully saturated rings. The van der Waals surface area contributed by atoms with Gasteiger partial charge in [-0.1, -0.05) is 90.1 Å². The number of ether oxygens (including phenoxy) is 2. The van der Waals surface area contributed by atoms with Gasteiger partial charge in [0, 0.05) is 0 Å². The van der Waals surface area contributed by atoms with Crippen LogP contribution in [-0.2, 0) is 4.79 Å². The summed E-state index contributed by atoms with van der Waals surface area (Å²) < 4.78 is 10.7. The van der Waals surface area contributed by atoms with Gasteiger partial charge in [-0.05, 0) is 17.5 Å². The topological polar surface area (TPSA) is 35.5 Å². The van der Waals surface area contributed by atoms with Gasteiger partial charge in [-0.2, -0.15) is 0 Å². The fourth-order valence-electron chi connectivity index (χ4n) is 2.05. The zero-order valence-corrected chi connectivity index (χ0v) is 17.0. The van der Waals surface area contributed by atoms with E-state index in [1.807, 2.05) is 26.0 Å². The summed E-state index contributed by atoms with van der Waals surface area (Å²) in [5.41, 5.74) is 0.907. The van der Waals surface area contributed by atoms with Crippen molar-refractivity contribution in [1.29, 1.82) is 0 Å². The summed E-state index contributed by atoms with van der Waals surface area (Å²) in [6, 6.07) is 7.26. The van der Waals surface area contributed by atoms with E-state index in [9.17, 15) is 4.79 Å². The highest BCUT2D eigenvalue weighted by Gasteiger charge is 2.22. The quantitative estimate of drug-likeness (QED) is 0.215. The molecule has 0 amide bonds. The molecule has 134 valence electrons. The molecule has 0 aliphatic heterocycles. The normalized spacial score (nSPS) is 10.9. The summed E-state index contributed by atoms with van der Waals surface area (Å²) in [4.78, 5) is 12.1. The lowest BCUT2D eigenvalue weighted by Crippen LogP contribution is -2.19. The molecule has 2 aromatic rings. The van der Waals surface area contributed by atoms with Crippen molar-refractivity contribution in [1.82, 2.24) is 0 Å². The molecule has 8 heteroatoms. The molecule has 0 radical (unpaired) electrons. The van der Waals surface area contributed by atoms with Gasteiger partial charge in [0.15, 0.2) is 12.4 Å². The summed E-state index contributed by atoms with van der Waals surface area (Å²) in [5, 5.41) is -0.0653. The molecule has 0 heterocycles. The van der Waals surface area contributed by atoms with Crippen molar-refractivity contribution in [3.05, 3.63) is 54.9 Å². The third-order valence-corrected chi connectivity index (χ3v) is 5.51. The van der Waals surface area contributed by atoms with Gasteiger partial charge in [0.2, 0.25) is 0 Å². The van der Waals surface area contributed by atoms with E-state index in [2.05, 4.69) is 0 Å². The average Bonchev–Trinajstić information content (AvgIpc) is 2.58. The highest BCUT2D eigenvalue weighted by molar-refractivity contribution is 6.55. The van der Waals surface area contributed by atoms with E-state index in [1.54, 1.807) is 12.1 Å². The second-order valence-electron chi connectivity index (χ2n) is 5.35. The van der Waals surface area contributed by atoms with Crippen LogP contribution in [0, 0.1) is 0 Å². The summed E-state index contributed by atoms with van der Waals surface area (Å²) in [6.07, 6.45) is 0. The Morgan fingerprint density at radius 2 is 1.44 bits per heavy atom. The lowest BCUT2D eigenvalue weighted by atomic mass is 10.0. The van der Waals surface area contributed by atoms with E-state index in [4.69, 9.17) is 67.5 Å². The van der Waals surface area contributed by atoms with Crippen molar-refractivity contribution in [2.75, 3.05) is 6.61 Å². The molecule has 0 atom stereocenters. The van der Waals surface area contributed by atoms with E-state index in [0.717, 1.165) is 5.56 Å². The van der Waals surface area contributed by atoms with Gasteiger partial charge in [0.05, 0.1) is 15.1 Å². The van der Waals surface area contributed by atoms with Crippen molar-refractivity contribution in [2.24, 2.45) is 0 Å². The first kappa shape index (κ1) is 20.5. The van der Waals surface area contributed by atoms with Crippen molar-refractivity contribution < 1.29 is 14.3 Å². The van der Waals surface area contributed by atoms with Crippen LogP contribution >= 0.6 is 58.0 Å². The predicted molar refractivity (Wildman–Crippen MR) is 103 cm³/mol. The van der Waals surface area contributed by atoms with Crippen molar-refractivity contribution in [3.8, 4) is 11.5 Å². The first-order chi connectivity index (χ1) is 11.7. The number of carbonyl (C=O) groups excluding carboxylic acids is 1. The van der Waals surface area contributed by atoms with Crippen LogP contribution in [0.1, 0.15) is 25.3 Å². The van der Waals surface area contributed by atoms with Crippen LogP contribution in [0.5, 0.6) is 11.5 Å². The molecule has 0 saturated heterocycles. The molecule has 2 rings (SSSR count). The Morgan fingerprint density at radius 1 is 0.920 bits per heavy atom. The third kappa shape index (κ3) is 4.66. The second kappa shape index (κ2) is 8.70. The Bertz CT molecular complexity index is 776. The number of hydrogen-bond donors (Lipinski definition) is 0. The Balaban J connectivity index is 2.14. The predicted octanol–water partition coefficient (Wildman–Crippen LogP) is 7.06. The van der Waals surface area contributed by atoms with Crippen LogP contribution in [0.15, 0.2) is 24.3 Å². The molecule has 0 N–H and O–H groups in total. The van der Waals surface area contributed by atoms with Gasteiger partial charge >= 0.3 is 5.97 Å². The van der Waals surface area contributed by atoms with Crippen LogP contribution in [0.25, 0.3) is 0 Å². The maximum atomic E-state index is 12.1. The Kier molecular flexibility index (Phi) is 7.12. The fraction of sp³-hybridized carbons (Fsp3) is 0.235. The number of hydrogen-bond acceptors (Lipinski definition) is 3. The smallest absolute Gasteiger partial charge is 0.349 e. The van der Waals surface area contributed by atoms with E-state index >= 15 is 0 Å². The van der Waals surface area contributed by atoms with Crippen LogP contribution in [0.3, 0.4) is 0 Å². The van der Waals surface area contributed by atoms with E-state index in [-0.39, 0.29) is 36.8 Å². The number of esters is 1. The van der Waals surface area contributed by atoms with Crippen molar-refractivity contribution in [3.63, 3.8) is 0 Å². The third-order valence-electron chi connectivity index (χ3n) is 3.27. The van der Waals surface area contributed by atoms with Crippen molar-refractivity contribution in [2.45, 2.75) is 19.8 Å². The zero-order chi connectivity index (χ0) is 18.7. The lowest BCUT2D eigenvalue weighted by Gasteiger charge is -2.15. The SMILES string of the molecule is CC(C)c1ccccc1OC(=O)COc1c(Cl)c(Cl)c(Cl)c(Cl)c1Cl. The number of benzene rings is 2. The zero-order valence-electron chi connectivity index (χ0n) is 13.2. The maximum absolute atomic E-state index is 12.1. The molecule has 0 aromatic heterocycles. The number of rotatable bonds is 5. The number of halogens is 5. The minimum atomic E-state index is -0.623. The molecule has 0 aliphatic carbocycles. The molecule has 2 aromatic carbocycles. The number of carbonyl (C=O) groups is 1. The van der Waals surface area contributed by atoms with Crippen LogP contribution in [0.2, 0.25) is 25.1 Å². The van der Waals surface area contributed by atoms with Crippen LogP contribution in [-0.4, -0.2) is 12.6 Å². The van der Waals surface area contributed by atoms with Crippen molar-refractivity contribution >= 4 is 64.0 Å². The molecule has 0 bridgehead atoms. The lowest BCUT2D eigenvalue weighted by molar-refractivity contribution is -0.136. The molecule has 0 spiro atoms. The van der Waals surface area contributed by atoms with Gasteiger partial charge in [-0.25, -0.2) is 4.79 Å². The van der Waals surface area contributed by atoms with Crippen LogP contribution in [0.4, 0.5) is 0 Å². The first-order valence-electron chi connectivity index (χ1n) is 7.17. The minimum Gasteiger partial charge on any atom is -0.479 e. The summed E-state index contributed by atoms with van der Waals surface area (Å²) >= 11 is 29.9. The average molecular weight is 443 g/mol. The monoisotopic (exact) mass is 440 g/mol.